The highest BCUT2D eigenvalue weighted by molar-refractivity contribution is 6.31. The van der Waals surface area contributed by atoms with Crippen LogP contribution in [0.3, 0.4) is 0 Å². The molecular formula is C23H27ClN4O. The number of aromatic amines is 1. The van der Waals surface area contributed by atoms with Gasteiger partial charge in [-0.15, -0.1) is 0 Å². The molecule has 0 bridgehead atoms. The molecule has 0 saturated carbocycles. The molecule has 0 aliphatic carbocycles. The van der Waals surface area contributed by atoms with Crippen molar-refractivity contribution in [1.82, 2.24) is 15.2 Å². The minimum atomic E-state index is -0.104. The van der Waals surface area contributed by atoms with Crippen molar-refractivity contribution in [1.29, 1.82) is 0 Å². The minimum Gasteiger partial charge on any atom is -0.369 e. The van der Waals surface area contributed by atoms with E-state index in [0.717, 1.165) is 49.1 Å². The zero-order valence-electron chi connectivity index (χ0n) is 16.9. The molecule has 6 heteroatoms. The van der Waals surface area contributed by atoms with Crippen LogP contribution in [0.1, 0.15) is 35.4 Å². The SMILES string of the molecule is CCC(NC(=O)c1cc2cc(Cl)ccc2[nH]1)c1ccc(N2CCN(C)CC2)cc1. The maximum atomic E-state index is 12.8. The number of hydrogen-bond donors (Lipinski definition) is 2. The van der Waals surface area contributed by atoms with E-state index >= 15 is 0 Å². The van der Waals surface area contributed by atoms with Crippen LogP contribution in [0.2, 0.25) is 5.02 Å². The molecule has 1 aliphatic rings. The number of aromatic nitrogens is 1. The lowest BCUT2D eigenvalue weighted by molar-refractivity contribution is 0.0931. The minimum absolute atomic E-state index is 0.0287. The fourth-order valence-electron chi connectivity index (χ4n) is 3.87. The lowest BCUT2D eigenvalue weighted by Crippen LogP contribution is -2.44. The van der Waals surface area contributed by atoms with Crippen molar-refractivity contribution in [2.75, 3.05) is 38.1 Å². The number of carbonyl (C=O) groups is 1. The molecule has 2 heterocycles. The van der Waals surface area contributed by atoms with Gasteiger partial charge in [-0.05, 0) is 55.4 Å². The summed E-state index contributed by atoms with van der Waals surface area (Å²) in [5.41, 5.74) is 3.83. The van der Waals surface area contributed by atoms with Crippen LogP contribution in [0, 0.1) is 0 Å². The molecule has 1 amide bonds. The molecule has 4 rings (SSSR count). The third kappa shape index (κ3) is 4.41. The second-order valence-corrected chi connectivity index (χ2v) is 8.17. The van der Waals surface area contributed by atoms with Crippen molar-refractivity contribution < 1.29 is 4.79 Å². The van der Waals surface area contributed by atoms with Gasteiger partial charge in [-0.3, -0.25) is 4.79 Å². The molecule has 2 aromatic carbocycles. The van der Waals surface area contributed by atoms with E-state index in [1.807, 2.05) is 24.3 Å². The van der Waals surface area contributed by atoms with Gasteiger partial charge in [-0.2, -0.15) is 0 Å². The van der Waals surface area contributed by atoms with Crippen LogP contribution in [0.25, 0.3) is 10.9 Å². The Kier molecular flexibility index (Phi) is 5.79. The van der Waals surface area contributed by atoms with Gasteiger partial charge < -0.3 is 20.1 Å². The Morgan fingerprint density at radius 2 is 1.83 bits per heavy atom. The number of likely N-dealkylation sites (N-methyl/N-ethyl adjacent to an activating group) is 1. The standard InChI is InChI=1S/C23H27ClN4O/c1-3-20(16-4-7-19(8-5-16)28-12-10-27(2)11-13-28)26-23(29)22-15-17-14-18(24)6-9-21(17)25-22/h4-9,14-15,20,25H,3,10-13H2,1-2H3,(H,26,29). The first-order valence-electron chi connectivity index (χ1n) is 10.2. The topological polar surface area (TPSA) is 51.4 Å². The Morgan fingerprint density at radius 3 is 2.52 bits per heavy atom. The summed E-state index contributed by atoms with van der Waals surface area (Å²) in [5, 5.41) is 4.76. The zero-order chi connectivity index (χ0) is 20.4. The highest BCUT2D eigenvalue weighted by atomic mass is 35.5. The van der Waals surface area contributed by atoms with Gasteiger partial charge in [0.2, 0.25) is 0 Å². The Hall–Kier alpha value is -2.50. The van der Waals surface area contributed by atoms with Crippen LogP contribution in [0.4, 0.5) is 5.69 Å². The smallest absolute Gasteiger partial charge is 0.268 e. The number of nitrogens with one attached hydrogen (secondary N) is 2. The Balaban J connectivity index is 1.45. The van der Waals surface area contributed by atoms with Gasteiger partial charge in [0.05, 0.1) is 6.04 Å². The molecule has 1 unspecified atom stereocenters. The quantitative estimate of drug-likeness (QED) is 0.653. The maximum absolute atomic E-state index is 12.8. The van der Waals surface area contributed by atoms with E-state index in [-0.39, 0.29) is 11.9 Å². The number of H-pyrrole nitrogens is 1. The molecule has 1 aliphatic heterocycles. The van der Waals surface area contributed by atoms with E-state index < -0.39 is 0 Å². The molecule has 1 fully saturated rings. The van der Waals surface area contributed by atoms with Crippen LogP contribution in [0.15, 0.2) is 48.5 Å². The zero-order valence-corrected chi connectivity index (χ0v) is 17.7. The predicted octanol–water partition coefficient (Wildman–Crippen LogP) is 4.45. The largest absolute Gasteiger partial charge is 0.369 e. The average Bonchev–Trinajstić information content (AvgIpc) is 3.16. The van der Waals surface area contributed by atoms with Crippen LogP contribution in [-0.2, 0) is 0 Å². The molecule has 1 atom stereocenters. The molecule has 152 valence electrons. The normalized spacial score (nSPS) is 16.2. The molecule has 2 N–H and O–H groups in total. The highest BCUT2D eigenvalue weighted by Crippen LogP contribution is 2.24. The summed E-state index contributed by atoms with van der Waals surface area (Å²) in [6, 6.07) is 16.0. The van der Waals surface area contributed by atoms with Crippen LogP contribution in [0.5, 0.6) is 0 Å². The van der Waals surface area contributed by atoms with Crippen molar-refractivity contribution >= 4 is 34.1 Å². The lowest BCUT2D eigenvalue weighted by atomic mass is 10.0. The number of rotatable bonds is 5. The third-order valence-corrected chi connectivity index (χ3v) is 5.94. The van der Waals surface area contributed by atoms with E-state index in [0.29, 0.717) is 10.7 Å². The number of anilines is 1. The summed E-state index contributed by atoms with van der Waals surface area (Å²) < 4.78 is 0. The number of nitrogens with zero attached hydrogens (tertiary/aromatic N) is 2. The fourth-order valence-corrected chi connectivity index (χ4v) is 4.05. The van der Waals surface area contributed by atoms with Gasteiger partial charge in [0.15, 0.2) is 0 Å². The summed E-state index contributed by atoms with van der Waals surface area (Å²) in [4.78, 5) is 20.7. The number of carbonyl (C=O) groups excluding carboxylic acids is 1. The van der Waals surface area contributed by atoms with Crippen LogP contribution in [-0.4, -0.2) is 49.0 Å². The fraction of sp³-hybridized carbons (Fsp3) is 0.348. The molecule has 0 spiro atoms. The van der Waals surface area contributed by atoms with Crippen molar-refractivity contribution in [2.45, 2.75) is 19.4 Å². The summed E-state index contributed by atoms with van der Waals surface area (Å²) in [5.74, 6) is -0.104. The molecular weight excluding hydrogens is 384 g/mol. The van der Waals surface area contributed by atoms with Gasteiger partial charge in [-0.25, -0.2) is 0 Å². The first-order valence-corrected chi connectivity index (χ1v) is 10.5. The van der Waals surface area contributed by atoms with Gasteiger partial charge in [0.25, 0.3) is 5.91 Å². The molecule has 0 radical (unpaired) electrons. The van der Waals surface area contributed by atoms with Gasteiger partial charge in [0, 0.05) is 47.8 Å². The monoisotopic (exact) mass is 410 g/mol. The van der Waals surface area contributed by atoms with E-state index in [1.54, 1.807) is 0 Å². The van der Waals surface area contributed by atoms with Crippen molar-refractivity contribution in [3.63, 3.8) is 0 Å². The highest BCUT2D eigenvalue weighted by Gasteiger charge is 2.18. The lowest BCUT2D eigenvalue weighted by Gasteiger charge is -2.34. The number of amides is 1. The molecule has 1 aromatic heterocycles. The summed E-state index contributed by atoms with van der Waals surface area (Å²) in [6.07, 6.45) is 0.825. The van der Waals surface area contributed by atoms with Crippen molar-refractivity contribution in [3.8, 4) is 0 Å². The number of halogens is 1. The number of piperazine rings is 1. The average molecular weight is 411 g/mol. The van der Waals surface area contributed by atoms with Gasteiger partial charge >= 0.3 is 0 Å². The molecule has 1 saturated heterocycles. The number of fused-ring (bicyclic) bond motifs is 1. The second kappa shape index (κ2) is 8.47. The first-order chi connectivity index (χ1) is 14.0. The number of benzene rings is 2. The van der Waals surface area contributed by atoms with Crippen LogP contribution >= 0.6 is 11.6 Å². The third-order valence-electron chi connectivity index (χ3n) is 5.70. The molecule has 29 heavy (non-hydrogen) atoms. The van der Waals surface area contributed by atoms with E-state index in [2.05, 4.69) is 58.3 Å². The van der Waals surface area contributed by atoms with E-state index in [9.17, 15) is 4.79 Å². The summed E-state index contributed by atoms with van der Waals surface area (Å²) in [7, 11) is 2.16. The second-order valence-electron chi connectivity index (χ2n) is 7.73. The molecule has 5 nitrogen and oxygen atoms in total. The van der Waals surface area contributed by atoms with Crippen molar-refractivity contribution in [3.05, 3.63) is 64.8 Å². The van der Waals surface area contributed by atoms with E-state index in [1.165, 1.54) is 5.69 Å². The summed E-state index contributed by atoms with van der Waals surface area (Å²) >= 11 is 6.05. The van der Waals surface area contributed by atoms with Gasteiger partial charge in [0.1, 0.15) is 5.69 Å². The number of hydrogen-bond acceptors (Lipinski definition) is 3. The summed E-state index contributed by atoms with van der Waals surface area (Å²) in [6.45, 7) is 6.36. The Morgan fingerprint density at radius 1 is 1.10 bits per heavy atom. The van der Waals surface area contributed by atoms with Gasteiger partial charge in [-0.1, -0.05) is 30.7 Å². The van der Waals surface area contributed by atoms with Crippen LogP contribution < -0.4 is 10.2 Å². The molecule has 3 aromatic rings. The van der Waals surface area contributed by atoms with E-state index in [4.69, 9.17) is 11.6 Å². The Labute approximate surface area is 176 Å². The Bertz CT molecular complexity index is 990. The van der Waals surface area contributed by atoms with Crippen molar-refractivity contribution in [2.24, 2.45) is 0 Å². The first kappa shape index (κ1) is 19.8. The predicted molar refractivity (Wildman–Crippen MR) is 120 cm³/mol. The maximum Gasteiger partial charge on any atom is 0.268 e.